The molecule has 0 bridgehead atoms. The number of rotatable bonds is 4. The van der Waals surface area contributed by atoms with Gasteiger partial charge in [-0.2, -0.15) is 0 Å². The first-order valence-corrected chi connectivity index (χ1v) is 10.5. The van der Waals surface area contributed by atoms with Crippen LogP contribution >= 0.6 is 11.3 Å². The fourth-order valence-electron chi connectivity index (χ4n) is 3.84. The zero-order chi connectivity index (χ0) is 19.7. The van der Waals surface area contributed by atoms with E-state index in [2.05, 4.69) is 34.2 Å². The van der Waals surface area contributed by atoms with Crippen molar-refractivity contribution in [2.45, 2.75) is 19.8 Å². The van der Waals surface area contributed by atoms with E-state index >= 15 is 0 Å². The lowest BCUT2D eigenvalue weighted by Crippen LogP contribution is -2.40. The number of anilines is 3. The van der Waals surface area contributed by atoms with Crippen LogP contribution in [-0.4, -0.2) is 38.1 Å². The first-order chi connectivity index (χ1) is 13.5. The van der Waals surface area contributed by atoms with Crippen molar-refractivity contribution < 1.29 is 4.79 Å². The van der Waals surface area contributed by atoms with Crippen LogP contribution < -0.4 is 15.1 Å². The van der Waals surface area contributed by atoms with Crippen molar-refractivity contribution in [2.75, 3.05) is 42.3 Å². The number of nitrogens with one attached hydrogen (secondary N) is 1. The average Bonchev–Trinajstić information content (AvgIpc) is 3.12. The molecule has 0 unspecified atom stereocenters. The van der Waals surface area contributed by atoms with E-state index in [4.69, 9.17) is 4.98 Å². The minimum atomic E-state index is -0.0189. The third-order valence-electron chi connectivity index (χ3n) is 5.29. The molecule has 2 heterocycles. The molecular weight excluding hydrogens is 368 g/mol. The summed E-state index contributed by atoms with van der Waals surface area (Å²) in [7, 11) is 4.05. The Kier molecular flexibility index (Phi) is 5.22. The number of carbonyl (C=O) groups excluding carboxylic acids is 1. The van der Waals surface area contributed by atoms with Crippen molar-refractivity contribution in [2.24, 2.45) is 5.92 Å². The minimum absolute atomic E-state index is 0.0189. The van der Waals surface area contributed by atoms with Crippen molar-refractivity contribution in [3.05, 3.63) is 48.0 Å². The smallest absolute Gasteiger partial charge is 0.229 e. The number of carbonyl (C=O) groups is 1. The summed E-state index contributed by atoms with van der Waals surface area (Å²) >= 11 is 1.71. The lowest BCUT2D eigenvalue weighted by molar-refractivity contribution is -0.120. The number of aryl methyl sites for hydroxylation is 1. The van der Waals surface area contributed by atoms with Crippen molar-refractivity contribution in [3.63, 3.8) is 0 Å². The Hall–Kier alpha value is -2.60. The average molecular weight is 395 g/mol. The number of piperidine rings is 1. The van der Waals surface area contributed by atoms with Gasteiger partial charge in [-0.3, -0.25) is 4.79 Å². The highest BCUT2D eigenvalue weighted by Crippen LogP contribution is 2.32. The zero-order valence-electron chi connectivity index (χ0n) is 16.6. The monoisotopic (exact) mass is 394 g/mol. The number of fused-ring (bicyclic) bond motifs is 1. The Bertz CT molecular complexity index is 964. The second-order valence-corrected chi connectivity index (χ2v) is 8.64. The van der Waals surface area contributed by atoms with Crippen molar-refractivity contribution in [1.29, 1.82) is 0 Å². The highest BCUT2D eigenvalue weighted by molar-refractivity contribution is 7.22. The molecule has 1 fully saturated rings. The molecule has 4 rings (SSSR count). The highest BCUT2D eigenvalue weighted by Gasteiger charge is 2.27. The Morgan fingerprint density at radius 3 is 2.82 bits per heavy atom. The number of hydrogen-bond acceptors (Lipinski definition) is 5. The van der Waals surface area contributed by atoms with E-state index < -0.39 is 0 Å². The first-order valence-electron chi connectivity index (χ1n) is 9.70. The van der Waals surface area contributed by atoms with Gasteiger partial charge in [0.2, 0.25) is 5.91 Å². The van der Waals surface area contributed by atoms with Crippen molar-refractivity contribution in [1.82, 2.24) is 4.98 Å². The van der Waals surface area contributed by atoms with Gasteiger partial charge in [0.1, 0.15) is 0 Å². The van der Waals surface area contributed by atoms with E-state index in [1.165, 1.54) is 4.70 Å². The quantitative estimate of drug-likeness (QED) is 0.706. The number of para-hydroxylation sites is 1. The molecule has 1 aromatic heterocycles. The molecule has 0 radical (unpaired) electrons. The Balaban J connectivity index is 1.45. The summed E-state index contributed by atoms with van der Waals surface area (Å²) in [6.45, 7) is 3.75. The standard InChI is InChI=1S/C22H26N4OS/c1-15-13-17(10-11-19(15)25(2)3)23-21(27)16-7-6-12-26(14-16)22-24-18-8-4-5-9-20(18)28-22/h4-5,8-11,13,16H,6-7,12,14H2,1-3H3,(H,23,27)/t16-/m0/s1. The maximum absolute atomic E-state index is 12.9. The van der Waals surface area contributed by atoms with Crippen LogP contribution in [0.15, 0.2) is 42.5 Å². The molecule has 1 N–H and O–H groups in total. The fourth-order valence-corrected chi connectivity index (χ4v) is 4.84. The third-order valence-corrected chi connectivity index (χ3v) is 6.39. The predicted molar refractivity (Wildman–Crippen MR) is 119 cm³/mol. The van der Waals surface area contributed by atoms with Crippen LogP contribution in [0.5, 0.6) is 0 Å². The number of benzene rings is 2. The summed E-state index contributed by atoms with van der Waals surface area (Å²) in [5, 5.41) is 4.13. The van der Waals surface area contributed by atoms with Gasteiger partial charge in [-0.1, -0.05) is 23.5 Å². The molecule has 5 nitrogen and oxygen atoms in total. The number of nitrogens with zero attached hydrogens (tertiary/aromatic N) is 3. The maximum atomic E-state index is 12.9. The molecule has 1 aliphatic heterocycles. The molecule has 1 aliphatic rings. The van der Waals surface area contributed by atoms with Gasteiger partial charge >= 0.3 is 0 Å². The van der Waals surface area contributed by atoms with Crippen molar-refractivity contribution in [3.8, 4) is 0 Å². The maximum Gasteiger partial charge on any atom is 0.229 e. The van der Waals surface area contributed by atoms with Crippen LogP contribution in [0.25, 0.3) is 10.2 Å². The molecule has 1 atom stereocenters. The van der Waals surface area contributed by atoms with E-state index in [1.807, 2.05) is 44.4 Å². The van der Waals surface area contributed by atoms with Gasteiger partial charge in [-0.25, -0.2) is 4.98 Å². The van der Waals surface area contributed by atoms with E-state index in [9.17, 15) is 4.79 Å². The van der Waals surface area contributed by atoms with Crippen LogP contribution in [0.1, 0.15) is 18.4 Å². The third kappa shape index (κ3) is 3.83. The Labute approximate surface area is 170 Å². The summed E-state index contributed by atoms with van der Waals surface area (Å²) in [6.07, 6.45) is 1.93. The van der Waals surface area contributed by atoms with Crippen molar-refractivity contribution >= 4 is 44.0 Å². The largest absolute Gasteiger partial charge is 0.377 e. The number of hydrogen-bond donors (Lipinski definition) is 1. The topological polar surface area (TPSA) is 48.5 Å². The molecule has 0 saturated carbocycles. The van der Waals surface area contributed by atoms with Gasteiger partial charge in [0.25, 0.3) is 0 Å². The molecule has 1 amide bonds. The number of thiazole rings is 1. The highest BCUT2D eigenvalue weighted by atomic mass is 32.1. The number of aromatic nitrogens is 1. The van der Waals surface area contributed by atoms with E-state index in [0.717, 1.165) is 53.5 Å². The second kappa shape index (κ2) is 7.80. The van der Waals surface area contributed by atoms with Crippen LogP contribution in [-0.2, 0) is 4.79 Å². The van der Waals surface area contributed by atoms with Crippen LogP contribution in [0, 0.1) is 12.8 Å². The van der Waals surface area contributed by atoms with Crippen LogP contribution in [0.3, 0.4) is 0 Å². The summed E-state index contributed by atoms with van der Waals surface area (Å²) < 4.78 is 1.19. The molecule has 2 aromatic carbocycles. The lowest BCUT2D eigenvalue weighted by atomic mass is 9.97. The van der Waals surface area contributed by atoms with E-state index in [0.29, 0.717) is 0 Å². The molecule has 0 spiro atoms. The van der Waals surface area contributed by atoms with Gasteiger partial charge in [0.15, 0.2) is 5.13 Å². The molecule has 0 aliphatic carbocycles. The van der Waals surface area contributed by atoms with Gasteiger partial charge < -0.3 is 15.1 Å². The van der Waals surface area contributed by atoms with Gasteiger partial charge in [0, 0.05) is 38.6 Å². The van der Waals surface area contributed by atoms with Crippen LogP contribution in [0.4, 0.5) is 16.5 Å². The molecule has 1 saturated heterocycles. The van der Waals surface area contributed by atoms with E-state index in [-0.39, 0.29) is 11.8 Å². The summed E-state index contributed by atoms with van der Waals surface area (Å²) in [4.78, 5) is 22.0. The second-order valence-electron chi connectivity index (χ2n) is 7.63. The van der Waals surface area contributed by atoms with Gasteiger partial charge in [0.05, 0.1) is 16.1 Å². The number of amides is 1. The summed E-state index contributed by atoms with van der Waals surface area (Å²) in [6, 6.07) is 14.3. The normalized spacial score (nSPS) is 17.0. The first kappa shape index (κ1) is 18.7. The van der Waals surface area contributed by atoms with Crippen LogP contribution in [0.2, 0.25) is 0 Å². The Morgan fingerprint density at radius 2 is 2.07 bits per heavy atom. The SMILES string of the molecule is Cc1cc(NC(=O)[C@H]2CCCN(c3nc4ccccc4s3)C2)ccc1N(C)C. The minimum Gasteiger partial charge on any atom is -0.377 e. The predicted octanol–water partition coefficient (Wildman–Crippen LogP) is 4.53. The molecule has 28 heavy (non-hydrogen) atoms. The van der Waals surface area contributed by atoms with Gasteiger partial charge in [-0.15, -0.1) is 0 Å². The summed E-state index contributed by atoms with van der Waals surface area (Å²) in [5.41, 5.74) is 4.22. The fraction of sp³-hybridized carbons (Fsp3) is 0.364. The molecular formula is C22H26N4OS. The Morgan fingerprint density at radius 1 is 1.25 bits per heavy atom. The molecule has 146 valence electrons. The molecule has 6 heteroatoms. The molecule has 3 aromatic rings. The lowest BCUT2D eigenvalue weighted by Gasteiger charge is -2.31. The zero-order valence-corrected chi connectivity index (χ0v) is 17.4. The van der Waals surface area contributed by atoms with E-state index in [1.54, 1.807) is 11.3 Å². The summed E-state index contributed by atoms with van der Waals surface area (Å²) in [5.74, 6) is 0.0809. The van der Waals surface area contributed by atoms with Gasteiger partial charge in [-0.05, 0) is 55.7 Å².